The van der Waals surface area contributed by atoms with E-state index in [1.807, 2.05) is 0 Å². The first-order valence-electron chi connectivity index (χ1n) is 8.79. The van der Waals surface area contributed by atoms with Gasteiger partial charge in [-0.3, -0.25) is 10.1 Å². The van der Waals surface area contributed by atoms with Gasteiger partial charge in [-0.1, -0.05) is 17.4 Å². The van der Waals surface area contributed by atoms with E-state index in [4.69, 9.17) is 4.74 Å². The number of carbonyl (C=O) groups is 2. The van der Waals surface area contributed by atoms with E-state index in [0.717, 1.165) is 11.3 Å². The molecule has 0 atom stereocenters. The lowest BCUT2D eigenvalue weighted by molar-refractivity contribution is 0.0605. The number of sulfonamides is 1. The molecule has 2 heterocycles. The van der Waals surface area contributed by atoms with Crippen molar-refractivity contribution >= 4 is 38.4 Å². The quantitative estimate of drug-likeness (QED) is 0.707. The van der Waals surface area contributed by atoms with Crippen molar-refractivity contribution in [3.63, 3.8) is 0 Å². The number of carbonyl (C=O) groups excluding carboxylic acids is 2. The number of esters is 1. The zero-order valence-electron chi connectivity index (χ0n) is 16.2. The average Bonchev–Trinajstić information content (AvgIpc) is 3.08. The summed E-state index contributed by atoms with van der Waals surface area (Å²) in [6.07, 6.45) is 0. The molecule has 0 bridgehead atoms. The van der Waals surface area contributed by atoms with Crippen LogP contribution in [0.15, 0.2) is 23.1 Å². The summed E-state index contributed by atoms with van der Waals surface area (Å²) >= 11 is 0.996. The summed E-state index contributed by atoms with van der Waals surface area (Å²) in [6, 6.07) is 4.44. The highest BCUT2D eigenvalue weighted by Gasteiger charge is 2.27. The Kier molecular flexibility index (Phi) is 6.32. The summed E-state index contributed by atoms with van der Waals surface area (Å²) in [5, 5.41) is 2.86. The van der Waals surface area contributed by atoms with Crippen LogP contribution < -0.4 is 5.32 Å². The molecule has 2 aromatic rings. The third kappa shape index (κ3) is 4.47. The van der Waals surface area contributed by atoms with E-state index in [1.54, 1.807) is 19.9 Å². The van der Waals surface area contributed by atoms with Crippen molar-refractivity contribution in [2.24, 2.45) is 0 Å². The molecule has 0 unspecified atom stereocenters. The van der Waals surface area contributed by atoms with Gasteiger partial charge >= 0.3 is 5.97 Å². The SMILES string of the molecule is COC(=O)c1sc(NC(=O)c2cc(S(=O)(=O)N3CCOCC3)ccc2C)nc1C. The van der Waals surface area contributed by atoms with Crippen LogP contribution in [0.2, 0.25) is 0 Å². The molecule has 9 nitrogen and oxygen atoms in total. The molecule has 1 saturated heterocycles. The van der Waals surface area contributed by atoms with Gasteiger partial charge in [-0.2, -0.15) is 4.31 Å². The third-order valence-electron chi connectivity index (χ3n) is 4.45. The molecule has 29 heavy (non-hydrogen) atoms. The molecule has 1 aliphatic rings. The van der Waals surface area contributed by atoms with Crippen LogP contribution in [0.25, 0.3) is 0 Å². The van der Waals surface area contributed by atoms with Gasteiger partial charge in [0.25, 0.3) is 5.91 Å². The number of anilines is 1. The van der Waals surface area contributed by atoms with Gasteiger partial charge in [0, 0.05) is 18.7 Å². The standard InChI is InChI=1S/C18H21N3O6S2/c1-11-4-5-13(29(24,25)21-6-8-27-9-7-21)10-14(11)16(22)20-18-19-12(2)15(28-18)17(23)26-3/h4-5,10H,6-9H2,1-3H3,(H,19,20,22). The summed E-state index contributed by atoms with van der Waals surface area (Å²) in [5.41, 5.74) is 1.27. The zero-order valence-corrected chi connectivity index (χ0v) is 17.9. The molecule has 1 aromatic carbocycles. The Morgan fingerprint density at radius 3 is 2.59 bits per heavy atom. The van der Waals surface area contributed by atoms with Crippen LogP contribution in [-0.4, -0.2) is 63.0 Å². The number of hydrogen-bond acceptors (Lipinski definition) is 8. The lowest BCUT2D eigenvalue weighted by Crippen LogP contribution is -2.40. The number of nitrogens with one attached hydrogen (secondary N) is 1. The number of benzene rings is 1. The Labute approximate surface area is 172 Å². The Morgan fingerprint density at radius 1 is 1.24 bits per heavy atom. The van der Waals surface area contributed by atoms with E-state index in [2.05, 4.69) is 15.0 Å². The molecule has 0 radical (unpaired) electrons. The van der Waals surface area contributed by atoms with Crippen molar-refractivity contribution in [1.82, 2.24) is 9.29 Å². The number of aromatic nitrogens is 1. The summed E-state index contributed by atoms with van der Waals surface area (Å²) in [5.74, 6) is -1.04. The Hall–Kier alpha value is -2.34. The second-order valence-corrected chi connectivity index (χ2v) is 9.31. The van der Waals surface area contributed by atoms with Gasteiger partial charge in [0.05, 0.1) is 30.9 Å². The summed E-state index contributed by atoms with van der Waals surface area (Å²) in [4.78, 5) is 29.0. The number of methoxy groups -OCH3 is 1. The van der Waals surface area contributed by atoms with Gasteiger partial charge in [-0.05, 0) is 31.5 Å². The largest absolute Gasteiger partial charge is 0.465 e. The molecule has 1 fully saturated rings. The van der Waals surface area contributed by atoms with Crippen molar-refractivity contribution in [1.29, 1.82) is 0 Å². The van der Waals surface area contributed by atoms with E-state index in [1.165, 1.54) is 23.5 Å². The molecule has 1 aliphatic heterocycles. The molecule has 0 saturated carbocycles. The Balaban J connectivity index is 1.86. The minimum atomic E-state index is -3.73. The van der Waals surface area contributed by atoms with Crippen molar-refractivity contribution < 1.29 is 27.5 Å². The maximum Gasteiger partial charge on any atom is 0.350 e. The third-order valence-corrected chi connectivity index (χ3v) is 7.40. The molecule has 0 spiro atoms. The lowest BCUT2D eigenvalue weighted by Gasteiger charge is -2.26. The molecule has 1 N–H and O–H groups in total. The second-order valence-electron chi connectivity index (χ2n) is 6.37. The monoisotopic (exact) mass is 439 g/mol. The van der Waals surface area contributed by atoms with Crippen molar-refractivity contribution in [2.75, 3.05) is 38.7 Å². The molecule has 0 aliphatic carbocycles. The second kappa shape index (κ2) is 8.57. The maximum absolute atomic E-state index is 12.9. The van der Waals surface area contributed by atoms with Crippen LogP contribution in [0.5, 0.6) is 0 Å². The van der Waals surface area contributed by atoms with Crippen LogP contribution in [0.3, 0.4) is 0 Å². The number of morpholine rings is 1. The predicted octanol–water partition coefficient (Wildman–Crippen LogP) is 1.82. The normalized spacial score (nSPS) is 15.1. The van der Waals surface area contributed by atoms with Gasteiger partial charge in [-0.25, -0.2) is 18.2 Å². The lowest BCUT2D eigenvalue weighted by atomic mass is 10.1. The van der Waals surface area contributed by atoms with Gasteiger partial charge in [0.1, 0.15) is 4.88 Å². The Bertz CT molecular complexity index is 1040. The fourth-order valence-corrected chi connectivity index (χ4v) is 5.15. The number of amides is 1. The van der Waals surface area contributed by atoms with Gasteiger partial charge in [0.2, 0.25) is 10.0 Å². The molecule has 1 amide bonds. The van der Waals surface area contributed by atoms with Crippen LogP contribution >= 0.6 is 11.3 Å². The number of nitrogens with zero attached hydrogens (tertiary/aromatic N) is 2. The highest BCUT2D eigenvalue weighted by Crippen LogP contribution is 2.25. The fourth-order valence-electron chi connectivity index (χ4n) is 2.84. The molecule has 156 valence electrons. The highest BCUT2D eigenvalue weighted by molar-refractivity contribution is 7.89. The minimum Gasteiger partial charge on any atom is -0.465 e. The summed E-state index contributed by atoms with van der Waals surface area (Å²) in [7, 11) is -2.46. The van der Waals surface area contributed by atoms with E-state index in [-0.39, 0.29) is 28.7 Å². The van der Waals surface area contributed by atoms with Gasteiger partial charge in [-0.15, -0.1) is 0 Å². The minimum absolute atomic E-state index is 0.0423. The molecule has 3 rings (SSSR count). The highest BCUT2D eigenvalue weighted by atomic mass is 32.2. The molecular formula is C18H21N3O6S2. The van der Waals surface area contributed by atoms with E-state index >= 15 is 0 Å². The topological polar surface area (TPSA) is 115 Å². The zero-order chi connectivity index (χ0) is 21.2. The number of thiazole rings is 1. The van der Waals surface area contributed by atoms with E-state index in [9.17, 15) is 18.0 Å². The maximum atomic E-state index is 12.9. The predicted molar refractivity (Wildman–Crippen MR) is 107 cm³/mol. The summed E-state index contributed by atoms with van der Waals surface area (Å²) < 4.78 is 37.0. The average molecular weight is 440 g/mol. The van der Waals surface area contributed by atoms with Crippen LogP contribution in [0, 0.1) is 13.8 Å². The molecular weight excluding hydrogens is 418 g/mol. The first-order chi connectivity index (χ1) is 13.7. The van der Waals surface area contributed by atoms with Crippen LogP contribution in [-0.2, 0) is 19.5 Å². The molecule has 11 heteroatoms. The van der Waals surface area contributed by atoms with E-state index < -0.39 is 21.9 Å². The number of aryl methyl sites for hydroxylation is 2. The number of hydrogen-bond donors (Lipinski definition) is 1. The van der Waals surface area contributed by atoms with Crippen molar-refractivity contribution in [3.05, 3.63) is 39.9 Å². The van der Waals surface area contributed by atoms with E-state index in [0.29, 0.717) is 29.3 Å². The summed E-state index contributed by atoms with van der Waals surface area (Å²) in [6.45, 7) is 4.57. The smallest absolute Gasteiger partial charge is 0.350 e. The Morgan fingerprint density at radius 2 is 1.93 bits per heavy atom. The fraction of sp³-hybridized carbons (Fsp3) is 0.389. The first-order valence-corrected chi connectivity index (χ1v) is 11.1. The molecule has 1 aromatic heterocycles. The van der Waals surface area contributed by atoms with Crippen LogP contribution in [0.1, 0.15) is 31.3 Å². The van der Waals surface area contributed by atoms with Crippen molar-refractivity contribution in [3.8, 4) is 0 Å². The van der Waals surface area contributed by atoms with Gasteiger partial charge < -0.3 is 9.47 Å². The number of ether oxygens (including phenoxy) is 2. The van der Waals surface area contributed by atoms with Crippen molar-refractivity contribution in [2.45, 2.75) is 18.7 Å². The first kappa shape index (κ1) is 21.4. The number of rotatable bonds is 5. The van der Waals surface area contributed by atoms with Crippen LogP contribution in [0.4, 0.5) is 5.13 Å². The van der Waals surface area contributed by atoms with Gasteiger partial charge in [0.15, 0.2) is 5.13 Å².